The fraction of sp³-hybridized carbons (Fsp3) is 0.381. The van der Waals surface area contributed by atoms with Crippen LogP contribution >= 0.6 is 0 Å². The molecule has 0 saturated heterocycles. The Morgan fingerprint density at radius 3 is 2.32 bits per heavy atom. The van der Waals surface area contributed by atoms with E-state index in [-0.39, 0.29) is 17.9 Å². The highest BCUT2D eigenvalue weighted by molar-refractivity contribution is 5.94. The molecule has 10 heteroatoms. The number of carbonyl (C=O) groups excluding carboxylic acids is 2. The second-order valence-corrected chi connectivity index (χ2v) is 6.66. The molecule has 10 nitrogen and oxygen atoms in total. The van der Waals surface area contributed by atoms with Gasteiger partial charge in [0.2, 0.25) is 0 Å². The molecule has 31 heavy (non-hydrogen) atoms. The van der Waals surface area contributed by atoms with Gasteiger partial charge in [0, 0.05) is 39.3 Å². The molecule has 0 unspecified atom stereocenters. The molecule has 0 spiro atoms. The molecule has 168 valence electrons. The topological polar surface area (TPSA) is 142 Å². The predicted molar refractivity (Wildman–Crippen MR) is 116 cm³/mol. The van der Waals surface area contributed by atoms with Gasteiger partial charge in [-0.2, -0.15) is 0 Å². The number of nitrogens with one attached hydrogen (secondary N) is 1. The van der Waals surface area contributed by atoms with Crippen molar-refractivity contribution in [3.05, 3.63) is 69.6 Å². The molecular formula is C21H29N5O5. The van der Waals surface area contributed by atoms with Crippen LogP contribution in [0.2, 0.25) is 0 Å². The molecule has 0 saturated carbocycles. The highest BCUT2D eigenvalue weighted by atomic mass is 16.7. The van der Waals surface area contributed by atoms with Crippen LogP contribution < -0.4 is 27.2 Å². The summed E-state index contributed by atoms with van der Waals surface area (Å²) in [4.78, 5) is 45.1. The van der Waals surface area contributed by atoms with E-state index in [1.807, 2.05) is 35.2 Å². The third-order valence-corrected chi connectivity index (χ3v) is 4.49. The summed E-state index contributed by atoms with van der Waals surface area (Å²) in [5.41, 5.74) is 10.9. The van der Waals surface area contributed by atoms with Gasteiger partial charge in [-0.25, -0.2) is 4.79 Å². The van der Waals surface area contributed by atoms with Crippen LogP contribution in [0.5, 0.6) is 0 Å². The standard InChI is InChI=1S/C21H29N5O5/c1-30-21(29)17-7-8-18(19(27)24-11-14-25(12-9-22)13-10-23)26(20(17)28)31-15-16-5-3-2-4-6-16/h2-8H,9-15,22-23H2,1H3,(H,24,27). The van der Waals surface area contributed by atoms with E-state index >= 15 is 0 Å². The van der Waals surface area contributed by atoms with Crippen molar-refractivity contribution in [2.75, 3.05) is 46.4 Å². The summed E-state index contributed by atoms with van der Waals surface area (Å²) in [7, 11) is 1.17. The number of methoxy groups -OCH3 is 1. The molecule has 1 aromatic heterocycles. The molecule has 0 aliphatic rings. The summed E-state index contributed by atoms with van der Waals surface area (Å²) < 4.78 is 5.46. The first-order valence-corrected chi connectivity index (χ1v) is 9.94. The molecule has 1 aromatic carbocycles. The van der Waals surface area contributed by atoms with Crippen LogP contribution in [0.3, 0.4) is 0 Å². The van der Waals surface area contributed by atoms with Crippen molar-refractivity contribution in [2.24, 2.45) is 11.5 Å². The first kappa shape index (κ1) is 24.1. The minimum atomic E-state index is -0.812. The largest absolute Gasteiger partial charge is 0.465 e. The van der Waals surface area contributed by atoms with Gasteiger partial charge in [-0.05, 0) is 17.7 Å². The fourth-order valence-corrected chi connectivity index (χ4v) is 2.91. The van der Waals surface area contributed by atoms with Crippen molar-refractivity contribution in [3.8, 4) is 0 Å². The minimum Gasteiger partial charge on any atom is -0.465 e. The number of carbonyl (C=O) groups is 2. The number of pyridine rings is 1. The smallest absolute Gasteiger partial charge is 0.343 e. The Bertz CT molecular complexity index is 910. The van der Waals surface area contributed by atoms with Gasteiger partial charge in [0.1, 0.15) is 17.9 Å². The van der Waals surface area contributed by atoms with Crippen LogP contribution in [-0.2, 0) is 11.3 Å². The van der Waals surface area contributed by atoms with Gasteiger partial charge < -0.3 is 26.4 Å². The van der Waals surface area contributed by atoms with Crippen LogP contribution in [0.4, 0.5) is 0 Å². The number of nitrogens with two attached hydrogens (primary N) is 2. The number of amides is 1. The molecular weight excluding hydrogens is 402 g/mol. The van der Waals surface area contributed by atoms with Crippen molar-refractivity contribution in [1.29, 1.82) is 0 Å². The third-order valence-electron chi connectivity index (χ3n) is 4.49. The zero-order valence-corrected chi connectivity index (χ0v) is 17.6. The van der Waals surface area contributed by atoms with Crippen molar-refractivity contribution in [2.45, 2.75) is 6.61 Å². The molecule has 2 rings (SSSR count). The zero-order chi connectivity index (χ0) is 22.6. The predicted octanol–water partition coefficient (Wildman–Crippen LogP) is -0.787. The van der Waals surface area contributed by atoms with Crippen molar-refractivity contribution >= 4 is 11.9 Å². The summed E-state index contributed by atoms with van der Waals surface area (Å²) in [5, 5.41) is 2.76. The summed E-state index contributed by atoms with van der Waals surface area (Å²) in [5.74, 6) is -1.32. The average Bonchev–Trinajstić information content (AvgIpc) is 2.78. The van der Waals surface area contributed by atoms with Gasteiger partial charge in [0.15, 0.2) is 0 Å². The average molecular weight is 431 g/mol. The molecule has 0 aliphatic carbocycles. The Balaban J connectivity index is 2.19. The van der Waals surface area contributed by atoms with Gasteiger partial charge in [0.05, 0.1) is 7.11 Å². The second-order valence-electron chi connectivity index (χ2n) is 6.66. The van der Waals surface area contributed by atoms with Gasteiger partial charge >= 0.3 is 5.97 Å². The second kappa shape index (κ2) is 12.5. The molecule has 0 fully saturated rings. The monoisotopic (exact) mass is 431 g/mol. The van der Waals surface area contributed by atoms with Gasteiger partial charge in [0.25, 0.3) is 11.5 Å². The molecule has 0 atom stereocenters. The normalized spacial score (nSPS) is 10.7. The van der Waals surface area contributed by atoms with Gasteiger partial charge in [-0.1, -0.05) is 30.3 Å². The lowest BCUT2D eigenvalue weighted by Gasteiger charge is -2.21. The molecule has 0 radical (unpaired) electrons. The van der Waals surface area contributed by atoms with Crippen LogP contribution in [0.1, 0.15) is 26.4 Å². The Kier molecular flexibility index (Phi) is 9.69. The van der Waals surface area contributed by atoms with Crippen molar-refractivity contribution in [1.82, 2.24) is 14.9 Å². The van der Waals surface area contributed by atoms with E-state index in [1.54, 1.807) is 0 Å². The quantitative estimate of drug-likeness (QED) is 0.371. The van der Waals surface area contributed by atoms with Gasteiger partial charge in [-0.3, -0.25) is 14.5 Å². The lowest BCUT2D eigenvalue weighted by molar-refractivity contribution is 0.0563. The Morgan fingerprint density at radius 2 is 1.71 bits per heavy atom. The van der Waals surface area contributed by atoms with E-state index in [4.69, 9.17) is 16.3 Å². The molecule has 1 amide bonds. The maximum Gasteiger partial charge on any atom is 0.343 e. The summed E-state index contributed by atoms with van der Waals surface area (Å²) in [6.07, 6.45) is 0. The number of benzene rings is 1. The van der Waals surface area contributed by atoms with Crippen LogP contribution in [-0.4, -0.2) is 67.9 Å². The highest BCUT2D eigenvalue weighted by Gasteiger charge is 2.20. The van der Waals surface area contributed by atoms with Crippen LogP contribution in [0, 0.1) is 0 Å². The van der Waals surface area contributed by atoms with Crippen molar-refractivity contribution in [3.63, 3.8) is 0 Å². The number of hydrogen-bond donors (Lipinski definition) is 3. The molecule has 0 aliphatic heterocycles. The number of hydrogen-bond acceptors (Lipinski definition) is 8. The lowest BCUT2D eigenvalue weighted by atomic mass is 10.2. The Morgan fingerprint density at radius 1 is 1.03 bits per heavy atom. The van der Waals surface area contributed by atoms with E-state index in [9.17, 15) is 14.4 Å². The number of rotatable bonds is 12. The highest BCUT2D eigenvalue weighted by Crippen LogP contribution is 2.04. The van der Waals surface area contributed by atoms with E-state index in [0.29, 0.717) is 39.3 Å². The van der Waals surface area contributed by atoms with E-state index < -0.39 is 17.4 Å². The molecule has 2 aromatic rings. The first-order chi connectivity index (χ1) is 15.0. The number of nitrogens with zero attached hydrogens (tertiary/aromatic N) is 2. The van der Waals surface area contributed by atoms with Crippen LogP contribution in [0.15, 0.2) is 47.3 Å². The summed E-state index contributed by atoms with van der Waals surface area (Å²) in [6, 6.07) is 11.7. The third kappa shape index (κ3) is 6.92. The van der Waals surface area contributed by atoms with E-state index in [2.05, 4.69) is 10.1 Å². The first-order valence-electron chi connectivity index (χ1n) is 9.94. The Labute approximate surface area is 180 Å². The molecule has 5 N–H and O–H groups in total. The summed E-state index contributed by atoms with van der Waals surface area (Å²) >= 11 is 0. The fourth-order valence-electron chi connectivity index (χ4n) is 2.91. The van der Waals surface area contributed by atoms with Crippen molar-refractivity contribution < 1.29 is 19.2 Å². The SMILES string of the molecule is COC(=O)c1ccc(C(=O)NCCN(CCN)CCN)n(OCc2ccccc2)c1=O. The maximum absolute atomic E-state index is 12.8. The van der Waals surface area contributed by atoms with E-state index in [0.717, 1.165) is 10.3 Å². The minimum absolute atomic E-state index is 0.0298. The summed E-state index contributed by atoms with van der Waals surface area (Å²) in [6.45, 7) is 3.19. The lowest BCUT2D eigenvalue weighted by Crippen LogP contribution is -2.42. The number of esters is 1. The molecule has 1 heterocycles. The van der Waals surface area contributed by atoms with E-state index in [1.165, 1.54) is 19.2 Å². The van der Waals surface area contributed by atoms with Gasteiger partial charge in [-0.15, -0.1) is 4.73 Å². The number of ether oxygens (including phenoxy) is 1. The molecule has 0 bridgehead atoms. The zero-order valence-electron chi connectivity index (χ0n) is 17.6. The Hall–Kier alpha value is -3.21. The maximum atomic E-state index is 12.8. The number of aromatic nitrogens is 1. The van der Waals surface area contributed by atoms with Crippen LogP contribution in [0.25, 0.3) is 0 Å².